The highest BCUT2D eigenvalue weighted by Gasteiger charge is 2.29. The molecular formula is C24H25ClN2O4S. The lowest BCUT2D eigenvalue weighted by Gasteiger charge is -2.25. The standard InChI is InChI=1S/C24H25ClN2O4S/c1-18-8-14-22(15-9-18)32(29,30)27(16-19-6-4-5-7-23(19)25)17-24(28)26(2)20-10-12-21(31-3)13-11-20/h4-15H,16-17H2,1-3H3. The monoisotopic (exact) mass is 472 g/mol. The van der Waals surface area contributed by atoms with Crippen LogP contribution in [0.3, 0.4) is 0 Å². The molecule has 3 rings (SSSR count). The second kappa shape index (κ2) is 10.2. The molecule has 6 nitrogen and oxygen atoms in total. The third-order valence-electron chi connectivity index (χ3n) is 5.11. The van der Waals surface area contributed by atoms with Gasteiger partial charge in [0.2, 0.25) is 15.9 Å². The van der Waals surface area contributed by atoms with E-state index in [0.29, 0.717) is 22.0 Å². The number of likely N-dealkylation sites (N-methyl/N-ethyl adjacent to an activating group) is 1. The second-order valence-electron chi connectivity index (χ2n) is 7.33. The van der Waals surface area contributed by atoms with Gasteiger partial charge < -0.3 is 9.64 Å². The van der Waals surface area contributed by atoms with Crippen molar-refractivity contribution in [3.8, 4) is 5.75 Å². The Balaban J connectivity index is 1.91. The molecule has 0 spiro atoms. The zero-order valence-corrected chi connectivity index (χ0v) is 19.7. The maximum atomic E-state index is 13.4. The molecule has 0 heterocycles. The van der Waals surface area contributed by atoms with Gasteiger partial charge >= 0.3 is 0 Å². The molecule has 0 atom stereocenters. The number of methoxy groups -OCH3 is 1. The Labute approximate surface area is 194 Å². The number of benzene rings is 3. The minimum Gasteiger partial charge on any atom is -0.497 e. The van der Waals surface area contributed by atoms with E-state index in [0.717, 1.165) is 9.87 Å². The molecule has 0 aromatic heterocycles. The number of ether oxygens (including phenoxy) is 1. The molecule has 8 heteroatoms. The number of halogens is 1. The van der Waals surface area contributed by atoms with Crippen molar-refractivity contribution in [1.82, 2.24) is 4.31 Å². The number of hydrogen-bond acceptors (Lipinski definition) is 4. The van der Waals surface area contributed by atoms with Crippen molar-refractivity contribution >= 4 is 33.2 Å². The highest BCUT2D eigenvalue weighted by atomic mass is 35.5. The van der Waals surface area contributed by atoms with Crippen molar-refractivity contribution < 1.29 is 17.9 Å². The maximum absolute atomic E-state index is 13.4. The number of anilines is 1. The number of nitrogens with zero attached hydrogens (tertiary/aromatic N) is 2. The lowest BCUT2D eigenvalue weighted by Crippen LogP contribution is -2.41. The van der Waals surface area contributed by atoms with Gasteiger partial charge in [0.15, 0.2) is 0 Å². The van der Waals surface area contributed by atoms with Crippen molar-refractivity contribution in [2.75, 3.05) is 25.6 Å². The third-order valence-corrected chi connectivity index (χ3v) is 7.28. The quantitative estimate of drug-likeness (QED) is 0.483. The van der Waals surface area contributed by atoms with Gasteiger partial charge in [0.1, 0.15) is 5.75 Å². The van der Waals surface area contributed by atoms with Crippen LogP contribution in [-0.4, -0.2) is 39.3 Å². The minimum absolute atomic E-state index is 0.0297. The summed E-state index contributed by atoms with van der Waals surface area (Å²) in [5.41, 5.74) is 2.18. The number of amides is 1. The molecule has 0 aliphatic carbocycles. The molecule has 0 saturated heterocycles. The van der Waals surface area contributed by atoms with E-state index in [4.69, 9.17) is 16.3 Å². The van der Waals surface area contributed by atoms with Crippen LogP contribution in [-0.2, 0) is 21.4 Å². The number of sulfonamides is 1. The lowest BCUT2D eigenvalue weighted by molar-refractivity contribution is -0.118. The molecule has 0 aliphatic rings. The van der Waals surface area contributed by atoms with Gasteiger partial charge in [-0.15, -0.1) is 0 Å². The molecule has 32 heavy (non-hydrogen) atoms. The molecule has 0 N–H and O–H groups in total. The molecular weight excluding hydrogens is 448 g/mol. The molecule has 0 saturated carbocycles. The fourth-order valence-electron chi connectivity index (χ4n) is 3.11. The molecule has 0 radical (unpaired) electrons. The van der Waals surface area contributed by atoms with Crippen LogP contribution >= 0.6 is 11.6 Å². The van der Waals surface area contributed by atoms with Gasteiger partial charge in [-0.25, -0.2) is 8.42 Å². The molecule has 168 valence electrons. The van der Waals surface area contributed by atoms with E-state index >= 15 is 0 Å². The van der Waals surface area contributed by atoms with E-state index in [1.54, 1.807) is 87.0 Å². The summed E-state index contributed by atoms with van der Waals surface area (Å²) in [5.74, 6) is 0.287. The van der Waals surface area contributed by atoms with Gasteiger partial charge in [0.05, 0.1) is 18.6 Å². The van der Waals surface area contributed by atoms with Crippen LogP contribution in [0.25, 0.3) is 0 Å². The molecule has 1 amide bonds. The predicted octanol–water partition coefficient (Wildman–Crippen LogP) is 4.51. The summed E-state index contributed by atoms with van der Waals surface area (Å²) in [6, 6.07) is 20.5. The number of carbonyl (C=O) groups is 1. The Morgan fingerprint density at radius 1 is 0.969 bits per heavy atom. The van der Waals surface area contributed by atoms with Crippen molar-refractivity contribution in [2.24, 2.45) is 0 Å². The summed E-state index contributed by atoms with van der Waals surface area (Å²) in [7, 11) is -0.778. The van der Waals surface area contributed by atoms with Crippen molar-refractivity contribution in [1.29, 1.82) is 0 Å². The first kappa shape index (κ1) is 23.8. The number of hydrogen-bond donors (Lipinski definition) is 0. The van der Waals surface area contributed by atoms with Crippen LogP contribution in [0.4, 0.5) is 5.69 Å². The molecule has 0 unspecified atom stereocenters. The molecule has 3 aromatic rings. The zero-order valence-electron chi connectivity index (χ0n) is 18.2. The van der Waals surface area contributed by atoms with Gasteiger partial charge in [-0.1, -0.05) is 47.5 Å². The fraction of sp³-hybridized carbons (Fsp3) is 0.208. The lowest BCUT2D eigenvalue weighted by atomic mass is 10.2. The summed E-state index contributed by atoms with van der Waals surface area (Å²) >= 11 is 6.28. The van der Waals surface area contributed by atoms with E-state index < -0.39 is 10.0 Å². The largest absolute Gasteiger partial charge is 0.497 e. The van der Waals surface area contributed by atoms with E-state index in [-0.39, 0.29) is 23.9 Å². The van der Waals surface area contributed by atoms with Gasteiger partial charge in [0.25, 0.3) is 0 Å². The SMILES string of the molecule is COc1ccc(N(C)C(=O)CN(Cc2ccccc2Cl)S(=O)(=O)c2ccc(C)cc2)cc1. The maximum Gasteiger partial charge on any atom is 0.243 e. The summed E-state index contributed by atoms with van der Waals surface area (Å²) in [6.45, 7) is 1.51. The smallest absolute Gasteiger partial charge is 0.243 e. The third kappa shape index (κ3) is 5.48. The van der Waals surface area contributed by atoms with E-state index in [1.165, 1.54) is 4.90 Å². The predicted molar refractivity (Wildman–Crippen MR) is 127 cm³/mol. The number of rotatable bonds is 8. The van der Waals surface area contributed by atoms with Crippen LogP contribution in [0.5, 0.6) is 5.75 Å². The van der Waals surface area contributed by atoms with Gasteiger partial charge in [0, 0.05) is 24.3 Å². The van der Waals surface area contributed by atoms with E-state index in [9.17, 15) is 13.2 Å². The number of aryl methyl sites for hydroxylation is 1. The van der Waals surface area contributed by atoms with E-state index in [1.807, 2.05) is 6.92 Å². The Morgan fingerprint density at radius 2 is 1.59 bits per heavy atom. The minimum atomic E-state index is -3.95. The average Bonchev–Trinajstić information content (AvgIpc) is 2.79. The summed E-state index contributed by atoms with van der Waals surface area (Å²) in [4.78, 5) is 14.6. The Morgan fingerprint density at radius 3 is 2.19 bits per heavy atom. The van der Waals surface area contributed by atoms with Crippen molar-refractivity contribution in [2.45, 2.75) is 18.4 Å². The second-order valence-corrected chi connectivity index (χ2v) is 9.67. The van der Waals surface area contributed by atoms with Crippen molar-refractivity contribution in [3.63, 3.8) is 0 Å². The average molecular weight is 473 g/mol. The Hall–Kier alpha value is -2.87. The fourth-order valence-corrected chi connectivity index (χ4v) is 4.67. The van der Waals surface area contributed by atoms with Gasteiger partial charge in [-0.3, -0.25) is 4.79 Å². The van der Waals surface area contributed by atoms with Crippen LogP contribution in [0.15, 0.2) is 77.7 Å². The van der Waals surface area contributed by atoms with Crippen LogP contribution in [0.2, 0.25) is 5.02 Å². The van der Waals surface area contributed by atoms with Crippen LogP contribution in [0.1, 0.15) is 11.1 Å². The van der Waals surface area contributed by atoms with Crippen molar-refractivity contribution in [3.05, 3.63) is 88.9 Å². The summed E-state index contributed by atoms with van der Waals surface area (Å²) < 4.78 is 33.2. The van der Waals surface area contributed by atoms with Crippen LogP contribution < -0.4 is 9.64 Å². The molecule has 0 bridgehead atoms. The first-order chi connectivity index (χ1) is 15.2. The first-order valence-electron chi connectivity index (χ1n) is 9.93. The molecule has 0 fully saturated rings. The topological polar surface area (TPSA) is 66.9 Å². The summed E-state index contributed by atoms with van der Waals surface area (Å²) in [6.07, 6.45) is 0. The Bertz CT molecular complexity index is 1180. The normalized spacial score (nSPS) is 11.4. The van der Waals surface area contributed by atoms with E-state index in [2.05, 4.69) is 0 Å². The first-order valence-corrected chi connectivity index (χ1v) is 11.7. The Kier molecular flexibility index (Phi) is 7.56. The zero-order chi connectivity index (χ0) is 23.3. The highest BCUT2D eigenvalue weighted by molar-refractivity contribution is 7.89. The molecule has 3 aromatic carbocycles. The summed E-state index contributed by atoms with van der Waals surface area (Å²) in [5, 5.41) is 0.438. The highest BCUT2D eigenvalue weighted by Crippen LogP contribution is 2.24. The molecule has 0 aliphatic heterocycles. The van der Waals surface area contributed by atoms with Crippen LogP contribution in [0, 0.1) is 6.92 Å². The van der Waals surface area contributed by atoms with Gasteiger partial charge in [-0.2, -0.15) is 4.31 Å². The van der Waals surface area contributed by atoms with Gasteiger partial charge in [-0.05, 0) is 55.0 Å². The number of carbonyl (C=O) groups excluding carboxylic acids is 1.